The number of allylic oxidation sites excluding steroid dienone is 4. The lowest BCUT2D eigenvalue weighted by Crippen LogP contribution is -2.44. The Hall–Kier alpha value is -4.20. The number of alkyl halides is 1. The third-order valence-corrected chi connectivity index (χ3v) is 6.06. The van der Waals surface area contributed by atoms with E-state index < -0.39 is 41.7 Å². The SMILES string of the molecule is Cn1cnc(Cn2c(=O)nc(Nc3cc4cn(C)nc4cc3Cl)n(CC3C=C(F)C(F)=CC3F)c2=O)n1. The monoisotopic (exact) mass is 533 g/mol. The van der Waals surface area contributed by atoms with Crippen molar-refractivity contribution in [3.05, 3.63) is 80.3 Å². The van der Waals surface area contributed by atoms with Crippen LogP contribution < -0.4 is 16.7 Å². The number of aromatic nitrogens is 8. The summed E-state index contributed by atoms with van der Waals surface area (Å²) in [5.74, 6) is -3.92. The van der Waals surface area contributed by atoms with Crippen molar-refractivity contribution in [1.82, 2.24) is 38.7 Å². The van der Waals surface area contributed by atoms with Gasteiger partial charge in [-0.3, -0.25) is 13.9 Å². The van der Waals surface area contributed by atoms with Crippen molar-refractivity contribution in [1.29, 1.82) is 0 Å². The van der Waals surface area contributed by atoms with Gasteiger partial charge in [0.05, 0.1) is 22.8 Å². The highest BCUT2D eigenvalue weighted by atomic mass is 35.5. The minimum Gasteiger partial charge on any atom is -0.324 e. The average molecular weight is 534 g/mol. The van der Waals surface area contributed by atoms with Crippen LogP contribution in [0.3, 0.4) is 0 Å². The predicted octanol–water partition coefficient (Wildman–Crippen LogP) is 2.54. The van der Waals surface area contributed by atoms with Gasteiger partial charge in [-0.2, -0.15) is 15.2 Å². The van der Waals surface area contributed by atoms with Gasteiger partial charge in [0, 0.05) is 38.1 Å². The van der Waals surface area contributed by atoms with Crippen LogP contribution in [0.4, 0.5) is 24.8 Å². The van der Waals surface area contributed by atoms with Gasteiger partial charge < -0.3 is 5.32 Å². The smallest absolute Gasteiger partial charge is 0.324 e. The lowest BCUT2D eigenvalue weighted by atomic mass is 9.97. The molecule has 3 heterocycles. The van der Waals surface area contributed by atoms with Gasteiger partial charge in [0.1, 0.15) is 12.5 Å². The van der Waals surface area contributed by atoms with Crippen molar-refractivity contribution in [3.8, 4) is 0 Å². The fourth-order valence-electron chi connectivity index (χ4n) is 3.98. The van der Waals surface area contributed by atoms with Gasteiger partial charge in [-0.1, -0.05) is 11.6 Å². The van der Waals surface area contributed by atoms with Gasteiger partial charge in [0.15, 0.2) is 17.5 Å². The van der Waals surface area contributed by atoms with E-state index >= 15 is 0 Å². The van der Waals surface area contributed by atoms with Gasteiger partial charge >= 0.3 is 11.4 Å². The summed E-state index contributed by atoms with van der Waals surface area (Å²) < 4.78 is 46.8. The fraction of sp³-hybridized carbons (Fsp3) is 0.273. The molecule has 0 spiro atoms. The van der Waals surface area contributed by atoms with Crippen molar-refractivity contribution >= 4 is 34.1 Å². The lowest BCUT2D eigenvalue weighted by Gasteiger charge is -2.22. The minimum absolute atomic E-state index is 0.165. The van der Waals surface area contributed by atoms with Crippen LogP contribution in [0.25, 0.3) is 10.9 Å². The van der Waals surface area contributed by atoms with Gasteiger partial charge in [0.25, 0.3) is 0 Å². The number of benzene rings is 1. The van der Waals surface area contributed by atoms with Gasteiger partial charge in [-0.25, -0.2) is 32.3 Å². The Morgan fingerprint density at radius 3 is 2.54 bits per heavy atom. The summed E-state index contributed by atoms with van der Waals surface area (Å²) in [6, 6.07) is 3.22. The van der Waals surface area contributed by atoms with Gasteiger partial charge in [-0.15, -0.1) is 0 Å². The molecule has 37 heavy (non-hydrogen) atoms. The minimum atomic E-state index is -1.92. The molecule has 11 nitrogen and oxygen atoms in total. The Labute approximate surface area is 211 Å². The molecule has 3 aromatic heterocycles. The zero-order valence-electron chi connectivity index (χ0n) is 19.4. The highest BCUT2D eigenvalue weighted by molar-refractivity contribution is 6.34. The Morgan fingerprint density at radius 1 is 1.05 bits per heavy atom. The molecule has 1 N–H and O–H groups in total. The van der Waals surface area contributed by atoms with Crippen molar-refractivity contribution in [2.24, 2.45) is 20.0 Å². The molecule has 2 atom stereocenters. The number of hydrogen-bond acceptors (Lipinski definition) is 7. The molecule has 0 fully saturated rings. The first-order valence-electron chi connectivity index (χ1n) is 10.9. The van der Waals surface area contributed by atoms with Crippen LogP contribution in [0.5, 0.6) is 0 Å². The van der Waals surface area contributed by atoms with Crippen molar-refractivity contribution in [2.45, 2.75) is 19.3 Å². The maximum absolute atomic E-state index is 14.6. The molecule has 0 saturated heterocycles. The molecule has 2 unspecified atom stereocenters. The van der Waals surface area contributed by atoms with E-state index in [2.05, 4.69) is 25.5 Å². The third-order valence-electron chi connectivity index (χ3n) is 5.75. The fourth-order valence-corrected chi connectivity index (χ4v) is 4.18. The zero-order chi connectivity index (χ0) is 26.4. The molecule has 15 heteroatoms. The molecule has 0 radical (unpaired) electrons. The highest BCUT2D eigenvalue weighted by Gasteiger charge is 2.28. The van der Waals surface area contributed by atoms with E-state index in [-0.39, 0.29) is 23.3 Å². The molecule has 4 aromatic rings. The largest absolute Gasteiger partial charge is 0.355 e. The van der Waals surface area contributed by atoms with Crippen molar-refractivity contribution in [2.75, 3.05) is 5.32 Å². The van der Waals surface area contributed by atoms with Crippen LogP contribution in [0.1, 0.15) is 5.82 Å². The number of aryl methyl sites for hydroxylation is 2. The molecule has 1 aliphatic rings. The second kappa shape index (κ2) is 9.35. The second-order valence-corrected chi connectivity index (χ2v) is 8.90. The van der Waals surface area contributed by atoms with E-state index in [1.54, 1.807) is 37.1 Å². The summed E-state index contributed by atoms with van der Waals surface area (Å²) in [6.07, 6.45) is 2.45. The molecule has 0 bridgehead atoms. The number of anilines is 2. The summed E-state index contributed by atoms with van der Waals surface area (Å²) in [5, 5.41) is 12.1. The van der Waals surface area contributed by atoms with Crippen LogP contribution in [0, 0.1) is 5.92 Å². The Bertz CT molecular complexity index is 1700. The summed E-state index contributed by atoms with van der Waals surface area (Å²) in [5.41, 5.74) is -0.912. The number of rotatable bonds is 6. The first-order chi connectivity index (χ1) is 17.6. The Morgan fingerprint density at radius 2 is 1.81 bits per heavy atom. The number of hydrogen-bond donors (Lipinski definition) is 1. The van der Waals surface area contributed by atoms with Crippen LogP contribution in [0.15, 0.2) is 58.1 Å². The second-order valence-electron chi connectivity index (χ2n) is 8.49. The van der Waals surface area contributed by atoms with E-state index in [9.17, 15) is 22.8 Å². The van der Waals surface area contributed by atoms with Crippen LogP contribution >= 0.6 is 11.6 Å². The molecule has 1 aromatic carbocycles. The lowest BCUT2D eigenvalue weighted by molar-refractivity contribution is 0.276. The normalized spacial score (nSPS) is 17.7. The summed E-state index contributed by atoms with van der Waals surface area (Å²) in [6.45, 7) is -0.772. The van der Waals surface area contributed by atoms with Crippen LogP contribution in [-0.2, 0) is 27.2 Å². The Balaban J connectivity index is 1.60. The first kappa shape index (κ1) is 24.5. The van der Waals surface area contributed by atoms with E-state index in [0.29, 0.717) is 22.7 Å². The third kappa shape index (κ3) is 4.79. The topological polar surface area (TPSA) is 117 Å². The molecule has 0 saturated carbocycles. The zero-order valence-corrected chi connectivity index (χ0v) is 20.2. The summed E-state index contributed by atoms with van der Waals surface area (Å²) in [4.78, 5) is 34.3. The standard InChI is InChI=1S/C22H19ClF3N9O2/c1-32-7-12-4-18(13(23)5-17(12)30-32)28-20-29-21(36)35(9-19-27-10-33(2)31-19)22(37)34(20)8-11-3-15(25)16(26)6-14(11)24/h3-7,10-11,14H,8-9H2,1-2H3,(H,28,29,36). The molecular formula is C22H19ClF3N9O2. The van der Waals surface area contributed by atoms with E-state index in [1.165, 1.54) is 11.0 Å². The number of nitrogens with one attached hydrogen (secondary N) is 1. The van der Waals surface area contributed by atoms with Gasteiger partial charge in [-0.05, 0) is 24.3 Å². The number of halogens is 4. The van der Waals surface area contributed by atoms with Crippen molar-refractivity contribution < 1.29 is 13.2 Å². The molecule has 1 aliphatic carbocycles. The molecule has 5 rings (SSSR count). The maximum Gasteiger partial charge on any atom is 0.355 e. The van der Waals surface area contributed by atoms with Crippen LogP contribution in [0.2, 0.25) is 5.02 Å². The van der Waals surface area contributed by atoms with Crippen molar-refractivity contribution in [3.63, 3.8) is 0 Å². The maximum atomic E-state index is 14.6. The van der Waals surface area contributed by atoms with Crippen LogP contribution in [-0.4, -0.2) is 44.8 Å². The molecule has 0 aliphatic heterocycles. The molecular weight excluding hydrogens is 515 g/mol. The highest BCUT2D eigenvalue weighted by Crippen LogP contribution is 2.31. The molecule has 192 valence electrons. The van der Waals surface area contributed by atoms with E-state index in [4.69, 9.17) is 11.6 Å². The molecule has 0 amide bonds. The Kier molecular flexibility index (Phi) is 6.19. The quantitative estimate of drug-likeness (QED) is 0.405. The first-order valence-corrected chi connectivity index (χ1v) is 11.3. The number of fused-ring (bicyclic) bond motifs is 1. The summed E-state index contributed by atoms with van der Waals surface area (Å²) in [7, 11) is 3.35. The van der Waals surface area contributed by atoms with E-state index in [1.807, 2.05) is 0 Å². The van der Waals surface area contributed by atoms with Gasteiger partial charge in [0.2, 0.25) is 5.95 Å². The van der Waals surface area contributed by atoms with E-state index in [0.717, 1.165) is 15.2 Å². The average Bonchev–Trinajstić information content (AvgIpc) is 3.40. The number of nitrogens with zero attached hydrogens (tertiary/aromatic N) is 8. The summed E-state index contributed by atoms with van der Waals surface area (Å²) >= 11 is 6.39. The predicted molar refractivity (Wildman–Crippen MR) is 129 cm³/mol.